The number of halogens is 1. The number of nitrogens with zero attached hydrogens (tertiary/aromatic N) is 2. The molecule has 0 aliphatic carbocycles. The normalized spacial score (nSPS) is 10.7. The van der Waals surface area contributed by atoms with E-state index in [1.54, 1.807) is 41.0 Å². The lowest BCUT2D eigenvalue weighted by Crippen LogP contribution is -2.22. The summed E-state index contributed by atoms with van der Waals surface area (Å²) in [6.07, 6.45) is 1.66. The van der Waals surface area contributed by atoms with Gasteiger partial charge >= 0.3 is 5.97 Å². The third kappa shape index (κ3) is 4.23. The van der Waals surface area contributed by atoms with Crippen LogP contribution in [0.5, 0.6) is 0 Å². The summed E-state index contributed by atoms with van der Waals surface area (Å²) in [7, 11) is 1.35. The molecule has 1 aromatic heterocycles. The molecule has 5 nitrogen and oxygen atoms in total. The predicted molar refractivity (Wildman–Crippen MR) is 109 cm³/mol. The molecule has 27 heavy (non-hydrogen) atoms. The number of benzene rings is 2. The van der Waals surface area contributed by atoms with Crippen molar-refractivity contribution in [2.45, 2.75) is 17.5 Å². The van der Waals surface area contributed by atoms with E-state index < -0.39 is 0 Å². The quantitative estimate of drug-likeness (QED) is 0.267. The standard InChI is InChI=1S/C20H17ClN2O3S/c1-3-10-23-18(24)16-11-15(21)8-9-17(16)22-20(23)27-12-13-4-6-14(7-5-13)19(25)26-2/h3-9,11H,1,10,12H2,2H3. The number of ether oxygens (including phenoxy) is 1. The lowest BCUT2D eigenvalue weighted by atomic mass is 10.1. The van der Waals surface area contributed by atoms with Gasteiger partial charge in [-0.3, -0.25) is 9.36 Å². The first-order valence-corrected chi connectivity index (χ1v) is 9.51. The van der Waals surface area contributed by atoms with Gasteiger partial charge < -0.3 is 4.74 Å². The van der Waals surface area contributed by atoms with Crippen LogP contribution in [-0.4, -0.2) is 22.6 Å². The third-order valence-electron chi connectivity index (χ3n) is 3.94. The van der Waals surface area contributed by atoms with Crippen molar-refractivity contribution in [2.75, 3.05) is 7.11 Å². The Hall–Kier alpha value is -2.57. The Bertz CT molecular complexity index is 1060. The fourth-order valence-corrected chi connectivity index (χ4v) is 3.71. The summed E-state index contributed by atoms with van der Waals surface area (Å²) in [6, 6.07) is 12.2. The average Bonchev–Trinajstić information content (AvgIpc) is 2.69. The Labute approximate surface area is 165 Å². The molecule has 3 rings (SSSR count). The summed E-state index contributed by atoms with van der Waals surface area (Å²) in [4.78, 5) is 28.9. The van der Waals surface area contributed by atoms with Crippen LogP contribution in [0.25, 0.3) is 10.9 Å². The van der Waals surface area contributed by atoms with Crippen molar-refractivity contribution in [2.24, 2.45) is 0 Å². The molecule has 0 saturated heterocycles. The van der Waals surface area contributed by atoms with E-state index in [0.29, 0.717) is 38.9 Å². The van der Waals surface area contributed by atoms with Gasteiger partial charge in [-0.05, 0) is 35.9 Å². The Morgan fingerprint density at radius 3 is 2.70 bits per heavy atom. The van der Waals surface area contributed by atoms with E-state index in [-0.39, 0.29) is 11.5 Å². The van der Waals surface area contributed by atoms with Crippen LogP contribution in [-0.2, 0) is 17.0 Å². The molecular weight excluding hydrogens is 384 g/mol. The maximum Gasteiger partial charge on any atom is 0.337 e. The van der Waals surface area contributed by atoms with Gasteiger partial charge in [0.1, 0.15) is 0 Å². The monoisotopic (exact) mass is 400 g/mol. The molecule has 3 aromatic rings. The second-order valence-corrected chi connectivity index (χ2v) is 7.12. The molecule has 0 atom stereocenters. The van der Waals surface area contributed by atoms with Crippen LogP contribution in [0.2, 0.25) is 5.02 Å². The first-order chi connectivity index (χ1) is 13.0. The van der Waals surface area contributed by atoms with E-state index in [1.807, 2.05) is 12.1 Å². The third-order valence-corrected chi connectivity index (χ3v) is 5.22. The van der Waals surface area contributed by atoms with Crippen LogP contribution < -0.4 is 5.56 Å². The molecule has 0 radical (unpaired) electrons. The number of fused-ring (bicyclic) bond motifs is 1. The van der Waals surface area contributed by atoms with Gasteiger partial charge in [-0.15, -0.1) is 6.58 Å². The van der Waals surface area contributed by atoms with Crippen LogP contribution in [0.3, 0.4) is 0 Å². The largest absolute Gasteiger partial charge is 0.465 e. The van der Waals surface area contributed by atoms with Gasteiger partial charge in [-0.1, -0.05) is 41.6 Å². The van der Waals surface area contributed by atoms with Crippen LogP contribution in [0.1, 0.15) is 15.9 Å². The molecule has 0 unspecified atom stereocenters. The van der Waals surface area contributed by atoms with Crippen molar-refractivity contribution in [3.05, 3.63) is 81.6 Å². The van der Waals surface area contributed by atoms with Gasteiger partial charge in [-0.2, -0.15) is 0 Å². The maximum absolute atomic E-state index is 12.8. The first-order valence-electron chi connectivity index (χ1n) is 8.14. The molecule has 0 aliphatic rings. The lowest BCUT2D eigenvalue weighted by Gasteiger charge is -2.11. The second kappa shape index (κ2) is 8.41. The minimum absolute atomic E-state index is 0.147. The molecule has 0 spiro atoms. The summed E-state index contributed by atoms with van der Waals surface area (Å²) in [5.74, 6) is 0.230. The van der Waals surface area contributed by atoms with E-state index in [1.165, 1.54) is 18.9 Å². The van der Waals surface area contributed by atoms with Crippen molar-refractivity contribution in [3.8, 4) is 0 Å². The van der Waals surface area contributed by atoms with Gasteiger partial charge in [0.05, 0.1) is 23.6 Å². The van der Waals surface area contributed by atoms with Crippen LogP contribution in [0.4, 0.5) is 0 Å². The topological polar surface area (TPSA) is 61.2 Å². The Morgan fingerprint density at radius 1 is 1.30 bits per heavy atom. The summed E-state index contributed by atoms with van der Waals surface area (Å²) in [5.41, 5.74) is 1.96. The molecule has 7 heteroatoms. The van der Waals surface area contributed by atoms with Crippen molar-refractivity contribution in [3.63, 3.8) is 0 Å². The number of allylic oxidation sites excluding steroid dienone is 1. The SMILES string of the molecule is C=CCn1c(SCc2ccc(C(=O)OC)cc2)nc2ccc(Cl)cc2c1=O. The minimum atomic E-state index is -0.371. The molecule has 2 aromatic carbocycles. The number of carbonyl (C=O) groups is 1. The van der Waals surface area contributed by atoms with Gasteiger partial charge in [0.25, 0.3) is 5.56 Å². The molecule has 0 aliphatic heterocycles. The average molecular weight is 401 g/mol. The molecule has 1 heterocycles. The van der Waals surface area contributed by atoms with Crippen LogP contribution in [0, 0.1) is 0 Å². The highest BCUT2D eigenvalue weighted by Gasteiger charge is 2.12. The van der Waals surface area contributed by atoms with E-state index in [0.717, 1.165) is 5.56 Å². The predicted octanol–water partition coefficient (Wildman–Crippen LogP) is 4.31. The summed E-state index contributed by atoms with van der Waals surface area (Å²) in [6.45, 7) is 4.08. The zero-order chi connectivity index (χ0) is 19.4. The highest BCUT2D eigenvalue weighted by atomic mass is 35.5. The van der Waals surface area contributed by atoms with Gasteiger partial charge in [-0.25, -0.2) is 9.78 Å². The van der Waals surface area contributed by atoms with Crippen LogP contribution in [0.15, 0.2) is 65.1 Å². The molecule has 0 N–H and O–H groups in total. The van der Waals surface area contributed by atoms with Gasteiger partial charge in [0, 0.05) is 17.3 Å². The van der Waals surface area contributed by atoms with Gasteiger partial charge in [0.2, 0.25) is 0 Å². The second-order valence-electron chi connectivity index (χ2n) is 5.74. The number of thioether (sulfide) groups is 1. The fourth-order valence-electron chi connectivity index (χ4n) is 2.58. The maximum atomic E-state index is 12.8. The molecule has 0 bridgehead atoms. The zero-order valence-corrected chi connectivity index (χ0v) is 16.2. The number of carbonyl (C=O) groups excluding carboxylic acids is 1. The molecule has 0 saturated carbocycles. The smallest absolute Gasteiger partial charge is 0.337 e. The molecular formula is C20H17ClN2O3S. The van der Waals surface area contributed by atoms with Crippen molar-refractivity contribution >= 4 is 40.2 Å². The van der Waals surface area contributed by atoms with Crippen molar-refractivity contribution in [1.29, 1.82) is 0 Å². The van der Waals surface area contributed by atoms with E-state index in [4.69, 9.17) is 16.3 Å². The minimum Gasteiger partial charge on any atom is -0.465 e. The van der Waals surface area contributed by atoms with Crippen molar-refractivity contribution < 1.29 is 9.53 Å². The highest BCUT2D eigenvalue weighted by Crippen LogP contribution is 2.23. The lowest BCUT2D eigenvalue weighted by molar-refractivity contribution is 0.0600. The Kier molecular flexibility index (Phi) is 5.98. The molecule has 138 valence electrons. The summed E-state index contributed by atoms with van der Waals surface area (Å²) in [5, 5.41) is 1.58. The Morgan fingerprint density at radius 2 is 2.04 bits per heavy atom. The first kappa shape index (κ1) is 19.2. The van der Waals surface area contributed by atoms with Gasteiger partial charge in [0.15, 0.2) is 5.16 Å². The van der Waals surface area contributed by atoms with Crippen molar-refractivity contribution in [1.82, 2.24) is 9.55 Å². The number of esters is 1. The number of hydrogen-bond acceptors (Lipinski definition) is 5. The number of aromatic nitrogens is 2. The summed E-state index contributed by atoms with van der Waals surface area (Å²) < 4.78 is 6.28. The Balaban J connectivity index is 1.90. The number of rotatable bonds is 6. The van der Waals surface area contributed by atoms with E-state index in [9.17, 15) is 9.59 Å². The van der Waals surface area contributed by atoms with E-state index in [2.05, 4.69) is 11.6 Å². The highest BCUT2D eigenvalue weighted by molar-refractivity contribution is 7.98. The fraction of sp³-hybridized carbons (Fsp3) is 0.150. The number of hydrogen-bond donors (Lipinski definition) is 0. The molecule has 0 amide bonds. The number of methoxy groups -OCH3 is 1. The summed E-state index contributed by atoms with van der Waals surface area (Å²) >= 11 is 7.46. The van der Waals surface area contributed by atoms with Crippen LogP contribution >= 0.6 is 23.4 Å². The zero-order valence-electron chi connectivity index (χ0n) is 14.6. The molecule has 0 fully saturated rings. The van der Waals surface area contributed by atoms with E-state index >= 15 is 0 Å².